The van der Waals surface area contributed by atoms with Gasteiger partial charge in [0.05, 0.1) is 12.0 Å². The number of rotatable bonds is 3. The predicted molar refractivity (Wildman–Crippen MR) is 70.0 cm³/mol. The first kappa shape index (κ1) is 15.3. The van der Waals surface area contributed by atoms with E-state index in [2.05, 4.69) is 0 Å². The highest BCUT2D eigenvalue weighted by Gasteiger charge is 2.38. The topological polar surface area (TPSA) is 53.3 Å². The van der Waals surface area contributed by atoms with Crippen molar-refractivity contribution >= 4 is 40.6 Å². The maximum absolute atomic E-state index is 12.0. The lowest BCUT2D eigenvalue weighted by Gasteiger charge is -2.27. The fourth-order valence-corrected chi connectivity index (χ4v) is 1.95. The van der Waals surface area contributed by atoms with Gasteiger partial charge >= 0.3 is 0 Å². The molecule has 1 heterocycles. The molecule has 18 heavy (non-hydrogen) atoms. The van der Waals surface area contributed by atoms with E-state index in [1.165, 1.54) is 13.3 Å². The zero-order valence-electron chi connectivity index (χ0n) is 9.78. The highest BCUT2D eigenvalue weighted by Crippen LogP contribution is 2.36. The molecule has 0 radical (unpaired) electrons. The van der Waals surface area contributed by atoms with Gasteiger partial charge in [-0.15, -0.1) is 0 Å². The summed E-state index contributed by atoms with van der Waals surface area (Å²) in [5.41, 5.74) is 0.837. The van der Waals surface area contributed by atoms with Crippen LogP contribution in [0.5, 0.6) is 0 Å². The average molecular weight is 310 g/mol. The van der Waals surface area contributed by atoms with Crippen LogP contribution in [0.1, 0.15) is 6.92 Å². The molecule has 0 amide bonds. The maximum atomic E-state index is 12.0. The summed E-state index contributed by atoms with van der Waals surface area (Å²) in [7, 11) is 1.52. The molecule has 1 unspecified atom stereocenters. The van der Waals surface area contributed by atoms with Crippen LogP contribution in [-0.4, -0.2) is 28.3 Å². The molecule has 0 aromatic rings. The minimum absolute atomic E-state index is 0.148. The van der Waals surface area contributed by atoms with Crippen molar-refractivity contribution in [2.75, 3.05) is 13.8 Å². The summed E-state index contributed by atoms with van der Waals surface area (Å²) in [5, 5.41) is 9.10. The third-order valence-electron chi connectivity index (χ3n) is 2.37. The number of hydrogen-bond acceptors (Lipinski definition) is 4. The molecule has 1 aliphatic rings. The predicted octanol–water partition coefficient (Wildman–Crippen LogP) is 2.77. The smallest absolute Gasteiger partial charge is 0.253 e. The Bertz CT molecular complexity index is 446. The second-order valence-electron chi connectivity index (χ2n) is 3.78. The van der Waals surface area contributed by atoms with Gasteiger partial charge < -0.3 is 9.64 Å². The second-order valence-corrected chi connectivity index (χ2v) is 6.06. The standard InChI is InChI=1S/C11H11Cl3N2O2/c1-7-4-16(6-18-2)5-9(8(7)3-15)10(17)11(12,13)14/h4-5,8H,6H2,1-2H3. The van der Waals surface area contributed by atoms with Gasteiger partial charge in [-0.2, -0.15) is 5.26 Å². The van der Waals surface area contributed by atoms with Gasteiger partial charge in [0.25, 0.3) is 3.79 Å². The number of nitrogens with zero attached hydrogens (tertiary/aromatic N) is 2. The van der Waals surface area contributed by atoms with Gasteiger partial charge in [-0.05, 0) is 12.5 Å². The fourth-order valence-electron chi connectivity index (χ4n) is 1.62. The van der Waals surface area contributed by atoms with Gasteiger partial charge in [-0.25, -0.2) is 0 Å². The molecule has 0 spiro atoms. The third-order valence-corrected chi connectivity index (χ3v) is 2.88. The largest absolute Gasteiger partial charge is 0.364 e. The second kappa shape index (κ2) is 5.94. The molecule has 4 nitrogen and oxygen atoms in total. The van der Waals surface area contributed by atoms with E-state index < -0.39 is 15.5 Å². The Morgan fingerprint density at radius 3 is 2.61 bits per heavy atom. The van der Waals surface area contributed by atoms with Crippen LogP contribution in [0.3, 0.4) is 0 Å². The molecule has 0 bridgehead atoms. The summed E-state index contributed by atoms with van der Waals surface area (Å²) in [6.45, 7) is 1.97. The van der Waals surface area contributed by atoms with E-state index in [0.717, 1.165) is 0 Å². The summed E-state index contributed by atoms with van der Waals surface area (Å²) in [4.78, 5) is 13.6. The maximum Gasteiger partial charge on any atom is 0.253 e. The van der Waals surface area contributed by atoms with Crippen molar-refractivity contribution in [3.63, 3.8) is 0 Å². The summed E-state index contributed by atoms with van der Waals surface area (Å²) in [5.74, 6) is -1.41. The molecule has 1 rings (SSSR count). The summed E-state index contributed by atoms with van der Waals surface area (Å²) in [6, 6.07) is 2.02. The number of hydrogen-bond donors (Lipinski definition) is 0. The van der Waals surface area contributed by atoms with Crippen molar-refractivity contribution in [1.29, 1.82) is 5.26 Å². The molecule has 0 aromatic carbocycles. The van der Waals surface area contributed by atoms with Crippen molar-refractivity contribution in [2.24, 2.45) is 5.92 Å². The van der Waals surface area contributed by atoms with E-state index in [4.69, 9.17) is 44.8 Å². The van der Waals surface area contributed by atoms with Crippen molar-refractivity contribution < 1.29 is 9.53 Å². The van der Waals surface area contributed by atoms with Gasteiger partial charge in [0.1, 0.15) is 6.73 Å². The number of ether oxygens (including phenoxy) is 1. The number of carbonyl (C=O) groups is 1. The molecular formula is C11H11Cl3N2O2. The minimum atomic E-state index is -2.07. The van der Waals surface area contributed by atoms with E-state index in [-0.39, 0.29) is 12.3 Å². The van der Waals surface area contributed by atoms with Crippen LogP contribution in [0, 0.1) is 17.2 Å². The molecule has 7 heteroatoms. The third kappa shape index (κ3) is 3.39. The van der Waals surface area contributed by atoms with Crippen LogP contribution < -0.4 is 0 Å². The number of halogens is 3. The molecule has 1 atom stereocenters. The summed E-state index contributed by atoms with van der Waals surface area (Å²) >= 11 is 16.7. The summed E-state index contributed by atoms with van der Waals surface area (Å²) in [6.07, 6.45) is 3.18. The van der Waals surface area contributed by atoms with Crippen molar-refractivity contribution in [2.45, 2.75) is 10.7 Å². The molecule has 0 fully saturated rings. The lowest BCUT2D eigenvalue weighted by molar-refractivity contribution is -0.115. The van der Waals surface area contributed by atoms with E-state index in [0.29, 0.717) is 5.57 Å². The van der Waals surface area contributed by atoms with Crippen molar-refractivity contribution in [1.82, 2.24) is 4.90 Å². The first-order chi connectivity index (χ1) is 8.31. The molecule has 0 aromatic heterocycles. The zero-order chi connectivity index (χ0) is 13.9. The monoisotopic (exact) mass is 308 g/mol. The number of carbonyl (C=O) groups excluding carboxylic acids is 1. The highest BCUT2D eigenvalue weighted by molar-refractivity contribution is 6.77. The Kier molecular flexibility index (Phi) is 5.06. The average Bonchev–Trinajstić information content (AvgIpc) is 2.26. The normalized spacial score (nSPS) is 20.0. The molecular weight excluding hydrogens is 298 g/mol. The quantitative estimate of drug-likeness (QED) is 0.752. The van der Waals surface area contributed by atoms with E-state index >= 15 is 0 Å². The molecule has 0 N–H and O–H groups in total. The summed E-state index contributed by atoms with van der Waals surface area (Å²) < 4.78 is 2.88. The SMILES string of the molecule is COCN1C=C(C)C(C#N)C(C(=O)C(Cl)(Cl)Cl)=C1. The number of methoxy groups -OCH3 is 1. The van der Waals surface area contributed by atoms with Crippen LogP contribution >= 0.6 is 34.8 Å². The zero-order valence-corrected chi connectivity index (χ0v) is 12.1. The van der Waals surface area contributed by atoms with Crippen LogP contribution in [-0.2, 0) is 9.53 Å². The Labute approximate surface area is 120 Å². The van der Waals surface area contributed by atoms with Crippen LogP contribution in [0.15, 0.2) is 23.5 Å². The van der Waals surface area contributed by atoms with Gasteiger partial charge in [0, 0.05) is 25.1 Å². The van der Waals surface area contributed by atoms with Gasteiger partial charge in [-0.3, -0.25) is 4.79 Å². The van der Waals surface area contributed by atoms with Crippen molar-refractivity contribution in [3.05, 3.63) is 23.5 Å². The molecule has 0 aliphatic carbocycles. The Morgan fingerprint density at radius 2 is 2.17 bits per heavy atom. The number of allylic oxidation sites excluding steroid dienone is 2. The number of ketones is 1. The van der Waals surface area contributed by atoms with E-state index in [9.17, 15) is 4.79 Å². The first-order valence-electron chi connectivity index (χ1n) is 4.97. The lowest BCUT2D eigenvalue weighted by atomic mass is 9.89. The fraction of sp³-hybridized carbons (Fsp3) is 0.455. The molecule has 0 saturated carbocycles. The number of nitriles is 1. The van der Waals surface area contributed by atoms with Crippen LogP contribution in [0.2, 0.25) is 0 Å². The highest BCUT2D eigenvalue weighted by atomic mass is 35.6. The Hall–Kier alpha value is -0.730. The van der Waals surface area contributed by atoms with Gasteiger partial charge in [-0.1, -0.05) is 34.8 Å². The molecule has 98 valence electrons. The lowest BCUT2D eigenvalue weighted by Crippen LogP contribution is -2.30. The van der Waals surface area contributed by atoms with Gasteiger partial charge in [0.2, 0.25) is 5.78 Å². The van der Waals surface area contributed by atoms with Gasteiger partial charge in [0.15, 0.2) is 0 Å². The van der Waals surface area contributed by atoms with Crippen LogP contribution in [0.25, 0.3) is 0 Å². The van der Waals surface area contributed by atoms with E-state index in [1.54, 1.807) is 18.0 Å². The van der Waals surface area contributed by atoms with Crippen molar-refractivity contribution in [3.8, 4) is 6.07 Å². The molecule has 1 aliphatic heterocycles. The number of Topliss-reactive ketones (excluding diaryl/α,β-unsaturated/α-hetero) is 1. The Morgan fingerprint density at radius 1 is 1.56 bits per heavy atom. The minimum Gasteiger partial charge on any atom is -0.364 e. The number of alkyl halides is 3. The molecule has 0 saturated heterocycles. The Balaban J connectivity index is 3.13. The first-order valence-corrected chi connectivity index (χ1v) is 6.10. The van der Waals surface area contributed by atoms with E-state index in [1.807, 2.05) is 6.07 Å². The van der Waals surface area contributed by atoms with Crippen LogP contribution in [0.4, 0.5) is 0 Å².